The molecule has 0 bridgehead atoms. The number of rotatable bonds is 7. The summed E-state index contributed by atoms with van der Waals surface area (Å²) in [6, 6.07) is 0.432. The summed E-state index contributed by atoms with van der Waals surface area (Å²) < 4.78 is 1.91. The normalized spacial score (nSPS) is 14.3. The smallest absolute Gasteiger partial charge is 0.283 e. The highest BCUT2D eigenvalue weighted by Crippen LogP contribution is 2.19. The Kier molecular flexibility index (Phi) is 5.39. The molecule has 0 aliphatic heterocycles. The Morgan fingerprint density at radius 1 is 1.52 bits per heavy atom. The number of nitrogens with zero attached hydrogens (tertiary/aromatic N) is 2. The average molecular weight is 357 g/mol. The fourth-order valence-corrected chi connectivity index (χ4v) is 2.36. The fraction of sp³-hybridized carbons (Fsp3) is 0.643. The van der Waals surface area contributed by atoms with Gasteiger partial charge in [0.1, 0.15) is 4.47 Å². The summed E-state index contributed by atoms with van der Waals surface area (Å²) in [5.41, 5.74) is 0.515. The van der Waals surface area contributed by atoms with Crippen LogP contribution in [0.5, 0.6) is 0 Å². The number of nitrogens with one attached hydrogen (secondary N) is 2. The number of hydrogen-bond acceptors (Lipinski definition) is 4. The van der Waals surface area contributed by atoms with Crippen molar-refractivity contribution in [3.05, 3.63) is 21.0 Å². The molecule has 0 radical (unpaired) electrons. The highest BCUT2D eigenvalue weighted by molar-refractivity contribution is 9.10. The van der Waals surface area contributed by atoms with Crippen LogP contribution in [0.25, 0.3) is 0 Å². The Bertz CT molecular complexity index is 567. The number of hydrogen-bond donors (Lipinski definition) is 2. The molecular formula is C14H21BrN4O2. The van der Waals surface area contributed by atoms with Crippen molar-refractivity contribution in [3.63, 3.8) is 0 Å². The molecule has 7 heteroatoms. The van der Waals surface area contributed by atoms with E-state index in [0.29, 0.717) is 29.2 Å². The van der Waals surface area contributed by atoms with E-state index in [1.54, 1.807) is 6.20 Å². The molecule has 1 aromatic heterocycles. The highest BCUT2D eigenvalue weighted by Gasteiger charge is 2.22. The molecule has 1 saturated carbocycles. The van der Waals surface area contributed by atoms with Crippen LogP contribution in [0.4, 0.5) is 5.69 Å². The summed E-state index contributed by atoms with van der Waals surface area (Å²) in [6.45, 7) is 4.45. The van der Waals surface area contributed by atoms with Crippen molar-refractivity contribution < 1.29 is 4.79 Å². The van der Waals surface area contributed by atoms with Crippen molar-refractivity contribution in [3.8, 4) is 0 Å². The second-order valence-corrected chi connectivity index (χ2v) is 6.38. The van der Waals surface area contributed by atoms with Crippen LogP contribution in [-0.4, -0.2) is 28.3 Å². The number of aromatic nitrogens is 2. The standard InChI is InChI=1S/C14H21BrN4O2/c1-9(2)19-14(21)13(15)11(8-17-19)16-7-3-4-12(20)18-10-5-6-10/h8-10,16H,3-7H2,1-2H3,(H,18,20). The monoisotopic (exact) mass is 356 g/mol. The van der Waals surface area contributed by atoms with Crippen LogP contribution in [0.3, 0.4) is 0 Å². The van der Waals surface area contributed by atoms with Gasteiger partial charge >= 0.3 is 0 Å². The van der Waals surface area contributed by atoms with E-state index in [2.05, 4.69) is 31.7 Å². The van der Waals surface area contributed by atoms with E-state index < -0.39 is 0 Å². The molecule has 0 saturated heterocycles. The molecule has 1 amide bonds. The molecule has 2 rings (SSSR count). The first-order valence-corrected chi connectivity index (χ1v) is 8.09. The van der Waals surface area contributed by atoms with Gasteiger partial charge in [0.25, 0.3) is 5.56 Å². The Hall–Kier alpha value is -1.37. The number of amides is 1. The topological polar surface area (TPSA) is 76.0 Å². The summed E-state index contributed by atoms with van der Waals surface area (Å²) in [7, 11) is 0. The Morgan fingerprint density at radius 2 is 2.24 bits per heavy atom. The van der Waals surface area contributed by atoms with E-state index in [4.69, 9.17) is 0 Å². The molecule has 2 N–H and O–H groups in total. The molecule has 0 unspecified atom stereocenters. The lowest BCUT2D eigenvalue weighted by atomic mass is 10.3. The highest BCUT2D eigenvalue weighted by atomic mass is 79.9. The van der Waals surface area contributed by atoms with Gasteiger partial charge in [0, 0.05) is 19.0 Å². The SMILES string of the molecule is CC(C)n1ncc(NCCCC(=O)NC2CC2)c(Br)c1=O. The maximum absolute atomic E-state index is 12.0. The van der Waals surface area contributed by atoms with Crippen LogP contribution in [0.2, 0.25) is 0 Å². The zero-order chi connectivity index (χ0) is 15.4. The Labute approximate surface area is 132 Å². The van der Waals surface area contributed by atoms with Gasteiger partial charge in [-0.25, -0.2) is 4.68 Å². The molecule has 1 heterocycles. The third-order valence-electron chi connectivity index (χ3n) is 3.27. The molecular weight excluding hydrogens is 336 g/mol. The van der Waals surface area contributed by atoms with Gasteiger partial charge in [-0.3, -0.25) is 9.59 Å². The second kappa shape index (κ2) is 7.06. The molecule has 0 spiro atoms. The van der Waals surface area contributed by atoms with E-state index in [1.165, 1.54) is 4.68 Å². The summed E-state index contributed by atoms with van der Waals surface area (Å²) in [5.74, 6) is 0.103. The van der Waals surface area contributed by atoms with Crippen LogP contribution >= 0.6 is 15.9 Å². The van der Waals surface area contributed by atoms with Gasteiger partial charge < -0.3 is 10.6 Å². The van der Waals surface area contributed by atoms with Crippen molar-refractivity contribution >= 4 is 27.5 Å². The predicted molar refractivity (Wildman–Crippen MR) is 85.5 cm³/mol. The van der Waals surface area contributed by atoms with Crippen LogP contribution in [0.1, 0.15) is 45.6 Å². The van der Waals surface area contributed by atoms with E-state index in [0.717, 1.165) is 19.3 Å². The van der Waals surface area contributed by atoms with Crippen LogP contribution < -0.4 is 16.2 Å². The first-order valence-electron chi connectivity index (χ1n) is 7.29. The van der Waals surface area contributed by atoms with Crippen molar-refractivity contribution in [2.24, 2.45) is 0 Å². The lowest BCUT2D eigenvalue weighted by Gasteiger charge is -2.12. The molecule has 0 atom stereocenters. The summed E-state index contributed by atoms with van der Waals surface area (Å²) in [6.07, 6.45) is 5.06. The van der Waals surface area contributed by atoms with Gasteiger partial charge in [-0.15, -0.1) is 0 Å². The summed E-state index contributed by atoms with van der Waals surface area (Å²) in [5, 5.41) is 10.2. The van der Waals surface area contributed by atoms with E-state index >= 15 is 0 Å². The minimum Gasteiger partial charge on any atom is -0.383 e. The molecule has 0 aromatic carbocycles. The van der Waals surface area contributed by atoms with Crippen molar-refractivity contribution in [2.75, 3.05) is 11.9 Å². The number of anilines is 1. The molecule has 1 fully saturated rings. The van der Waals surface area contributed by atoms with Crippen LogP contribution in [-0.2, 0) is 4.79 Å². The minimum atomic E-state index is -0.151. The van der Waals surface area contributed by atoms with Crippen molar-refractivity contribution in [1.29, 1.82) is 0 Å². The molecule has 116 valence electrons. The first kappa shape index (κ1) is 16.0. The van der Waals surface area contributed by atoms with Crippen molar-refractivity contribution in [1.82, 2.24) is 15.1 Å². The van der Waals surface area contributed by atoms with Gasteiger partial charge in [-0.05, 0) is 49.0 Å². The van der Waals surface area contributed by atoms with E-state index in [9.17, 15) is 9.59 Å². The second-order valence-electron chi connectivity index (χ2n) is 5.59. The number of carbonyl (C=O) groups excluding carboxylic acids is 1. The van der Waals surface area contributed by atoms with Gasteiger partial charge in [0.2, 0.25) is 5.91 Å². The summed E-state index contributed by atoms with van der Waals surface area (Å²) in [4.78, 5) is 23.6. The Balaban J connectivity index is 1.81. The summed E-state index contributed by atoms with van der Waals surface area (Å²) >= 11 is 3.31. The molecule has 6 nitrogen and oxygen atoms in total. The van der Waals surface area contributed by atoms with Gasteiger partial charge in [0.05, 0.1) is 17.9 Å². The maximum Gasteiger partial charge on any atom is 0.283 e. The van der Waals surface area contributed by atoms with Crippen molar-refractivity contribution in [2.45, 2.75) is 51.6 Å². The van der Waals surface area contributed by atoms with Crippen LogP contribution in [0.15, 0.2) is 15.5 Å². The maximum atomic E-state index is 12.0. The lowest BCUT2D eigenvalue weighted by Crippen LogP contribution is -2.27. The lowest BCUT2D eigenvalue weighted by molar-refractivity contribution is -0.121. The molecule has 1 aliphatic carbocycles. The third-order valence-corrected chi connectivity index (χ3v) is 4.04. The third kappa shape index (κ3) is 4.56. The largest absolute Gasteiger partial charge is 0.383 e. The van der Waals surface area contributed by atoms with Gasteiger partial charge in [-0.1, -0.05) is 0 Å². The van der Waals surface area contributed by atoms with E-state index in [-0.39, 0.29) is 17.5 Å². The van der Waals surface area contributed by atoms with Gasteiger partial charge in [0.15, 0.2) is 0 Å². The zero-order valence-corrected chi connectivity index (χ0v) is 13.9. The molecule has 1 aromatic rings. The Morgan fingerprint density at radius 3 is 2.86 bits per heavy atom. The molecule has 1 aliphatic rings. The fourth-order valence-electron chi connectivity index (χ4n) is 1.94. The minimum absolute atomic E-state index is 0.0222. The first-order chi connectivity index (χ1) is 9.99. The van der Waals surface area contributed by atoms with Crippen LogP contribution in [0, 0.1) is 0 Å². The average Bonchev–Trinajstić information content (AvgIpc) is 3.22. The zero-order valence-electron chi connectivity index (χ0n) is 12.4. The van der Waals surface area contributed by atoms with Gasteiger partial charge in [-0.2, -0.15) is 5.10 Å². The number of carbonyl (C=O) groups is 1. The van der Waals surface area contributed by atoms with E-state index in [1.807, 2.05) is 13.8 Å². The quantitative estimate of drug-likeness (QED) is 0.733. The number of halogens is 1. The predicted octanol–water partition coefficient (Wildman–Crippen LogP) is 2.06. The molecule has 21 heavy (non-hydrogen) atoms.